The summed E-state index contributed by atoms with van der Waals surface area (Å²) >= 11 is 0. The van der Waals surface area contributed by atoms with Crippen LogP contribution in [0.1, 0.15) is 26.3 Å². The molecule has 0 saturated carbocycles. The molecule has 1 N–H and O–H groups in total. The first-order valence-electron chi connectivity index (χ1n) is 9.25. The first kappa shape index (κ1) is 21.0. The van der Waals surface area contributed by atoms with Crippen molar-refractivity contribution in [2.45, 2.75) is 27.3 Å². The average molecular weight is 410 g/mol. The van der Waals surface area contributed by atoms with Gasteiger partial charge in [-0.25, -0.2) is 4.79 Å². The van der Waals surface area contributed by atoms with Gasteiger partial charge in [0.15, 0.2) is 6.61 Å². The van der Waals surface area contributed by atoms with Crippen molar-refractivity contribution in [3.8, 4) is 22.9 Å². The number of carboxylic acid groups (broad SMARTS) is 1. The van der Waals surface area contributed by atoms with Gasteiger partial charge < -0.3 is 14.6 Å². The standard InChI is InChI=1S/C21H22N4O5/c1-21(2,3)20(28)30-17-10-6-15(7-11-17)19-22-24-25(23-19)12-14-4-8-16(9-5-14)29-13-18(26)27/h4-11H,12-13H2,1-3H3,(H,26,27). The number of ether oxygens (including phenoxy) is 2. The van der Waals surface area contributed by atoms with Crippen LogP contribution in [0.4, 0.5) is 0 Å². The van der Waals surface area contributed by atoms with Gasteiger partial charge in [0.1, 0.15) is 11.5 Å². The first-order valence-corrected chi connectivity index (χ1v) is 9.25. The molecule has 0 aliphatic heterocycles. The molecule has 1 aromatic heterocycles. The molecule has 1 heterocycles. The molecule has 0 amide bonds. The maximum Gasteiger partial charge on any atom is 0.341 e. The van der Waals surface area contributed by atoms with Crippen molar-refractivity contribution < 1.29 is 24.2 Å². The summed E-state index contributed by atoms with van der Waals surface area (Å²) in [5.41, 5.74) is 1.07. The summed E-state index contributed by atoms with van der Waals surface area (Å²) < 4.78 is 10.5. The van der Waals surface area contributed by atoms with Gasteiger partial charge in [0.2, 0.25) is 5.82 Å². The van der Waals surface area contributed by atoms with Crippen LogP contribution in [0.25, 0.3) is 11.4 Å². The van der Waals surface area contributed by atoms with E-state index in [-0.39, 0.29) is 12.6 Å². The lowest BCUT2D eigenvalue weighted by molar-refractivity contribution is -0.143. The molecule has 0 atom stereocenters. The quantitative estimate of drug-likeness (QED) is 0.467. The average Bonchev–Trinajstić information content (AvgIpc) is 3.15. The van der Waals surface area contributed by atoms with Crippen molar-refractivity contribution in [1.29, 1.82) is 0 Å². The van der Waals surface area contributed by atoms with E-state index < -0.39 is 11.4 Å². The molecule has 0 radical (unpaired) electrons. The molecule has 0 spiro atoms. The third-order valence-corrected chi connectivity index (χ3v) is 4.00. The number of carboxylic acids is 1. The Kier molecular flexibility index (Phi) is 6.10. The minimum Gasteiger partial charge on any atom is -0.482 e. The van der Waals surface area contributed by atoms with Gasteiger partial charge >= 0.3 is 11.9 Å². The molecule has 0 aliphatic rings. The number of rotatable bonds is 7. The zero-order valence-corrected chi connectivity index (χ0v) is 16.9. The number of benzene rings is 2. The summed E-state index contributed by atoms with van der Waals surface area (Å²) in [6, 6.07) is 13.9. The van der Waals surface area contributed by atoms with E-state index in [1.807, 2.05) is 0 Å². The van der Waals surface area contributed by atoms with Gasteiger partial charge in [0.05, 0.1) is 12.0 Å². The Hall–Kier alpha value is -3.75. The number of carbonyl (C=O) groups excluding carboxylic acids is 1. The molecule has 3 aromatic rings. The van der Waals surface area contributed by atoms with Crippen LogP contribution in [0.5, 0.6) is 11.5 Å². The summed E-state index contributed by atoms with van der Waals surface area (Å²) in [7, 11) is 0. The van der Waals surface area contributed by atoms with Crippen molar-refractivity contribution in [2.24, 2.45) is 5.41 Å². The highest BCUT2D eigenvalue weighted by Crippen LogP contribution is 2.22. The third-order valence-electron chi connectivity index (χ3n) is 4.00. The van der Waals surface area contributed by atoms with Crippen molar-refractivity contribution in [3.05, 3.63) is 54.1 Å². The predicted molar refractivity (Wildman–Crippen MR) is 107 cm³/mol. The fraction of sp³-hybridized carbons (Fsp3) is 0.286. The van der Waals surface area contributed by atoms with E-state index in [0.29, 0.717) is 23.9 Å². The van der Waals surface area contributed by atoms with Crippen LogP contribution in [-0.4, -0.2) is 43.9 Å². The highest BCUT2D eigenvalue weighted by Gasteiger charge is 2.23. The minimum atomic E-state index is -1.03. The second-order valence-electron chi connectivity index (χ2n) is 7.63. The second kappa shape index (κ2) is 8.73. The Balaban J connectivity index is 1.62. The summed E-state index contributed by atoms with van der Waals surface area (Å²) in [6.07, 6.45) is 0. The van der Waals surface area contributed by atoms with Crippen LogP contribution in [0.3, 0.4) is 0 Å². The van der Waals surface area contributed by atoms with Gasteiger partial charge in [-0.05, 0) is 67.9 Å². The molecule has 3 rings (SSSR count). The van der Waals surface area contributed by atoms with E-state index in [1.165, 1.54) is 4.80 Å². The van der Waals surface area contributed by atoms with E-state index in [2.05, 4.69) is 15.4 Å². The summed E-state index contributed by atoms with van der Waals surface area (Å²) in [5.74, 6) is 0.0412. The number of nitrogens with zero attached hydrogens (tertiary/aromatic N) is 4. The lowest BCUT2D eigenvalue weighted by Gasteiger charge is -2.16. The van der Waals surface area contributed by atoms with Gasteiger partial charge in [-0.3, -0.25) is 4.79 Å². The molecule has 0 bridgehead atoms. The monoisotopic (exact) mass is 410 g/mol. The highest BCUT2D eigenvalue weighted by molar-refractivity contribution is 5.78. The molecule has 9 nitrogen and oxygen atoms in total. The smallest absolute Gasteiger partial charge is 0.341 e. The lowest BCUT2D eigenvalue weighted by Crippen LogP contribution is -2.25. The molecule has 156 valence electrons. The van der Waals surface area contributed by atoms with E-state index >= 15 is 0 Å². The van der Waals surface area contributed by atoms with Crippen LogP contribution < -0.4 is 9.47 Å². The molecular formula is C21H22N4O5. The van der Waals surface area contributed by atoms with E-state index in [0.717, 1.165) is 11.1 Å². The van der Waals surface area contributed by atoms with Crippen LogP contribution in [0, 0.1) is 5.41 Å². The van der Waals surface area contributed by atoms with Crippen molar-refractivity contribution >= 4 is 11.9 Å². The molecule has 30 heavy (non-hydrogen) atoms. The largest absolute Gasteiger partial charge is 0.482 e. The maximum atomic E-state index is 12.0. The van der Waals surface area contributed by atoms with E-state index in [1.54, 1.807) is 69.3 Å². The number of aromatic nitrogens is 4. The Morgan fingerprint density at radius 3 is 2.23 bits per heavy atom. The number of aliphatic carboxylic acids is 1. The second-order valence-corrected chi connectivity index (χ2v) is 7.63. The van der Waals surface area contributed by atoms with Gasteiger partial charge in [0.25, 0.3) is 0 Å². The van der Waals surface area contributed by atoms with Crippen LogP contribution in [0.15, 0.2) is 48.5 Å². The van der Waals surface area contributed by atoms with E-state index in [9.17, 15) is 9.59 Å². The van der Waals surface area contributed by atoms with Gasteiger partial charge in [-0.2, -0.15) is 4.80 Å². The molecule has 0 fully saturated rings. The van der Waals surface area contributed by atoms with Crippen LogP contribution in [0.2, 0.25) is 0 Å². The normalized spacial score (nSPS) is 11.2. The minimum absolute atomic E-state index is 0.307. The van der Waals surface area contributed by atoms with Crippen molar-refractivity contribution in [2.75, 3.05) is 6.61 Å². The summed E-state index contributed by atoms with van der Waals surface area (Å²) in [4.78, 5) is 23.9. The SMILES string of the molecule is CC(C)(C)C(=O)Oc1ccc(-c2nnn(Cc3ccc(OCC(=O)O)cc3)n2)cc1. The zero-order chi connectivity index (χ0) is 21.7. The number of tetrazole rings is 1. The molecule has 2 aromatic carbocycles. The molecular weight excluding hydrogens is 388 g/mol. The van der Waals surface area contributed by atoms with Gasteiger partial charge in [0, 0.05) is 5.56 Å². The number of carbonyl (C=O) groups is 2. The fourth-order valence-corrected chi connectivity index (χ4v) is 2.36. The predicted octanol–water partition coefficient (Wildman–Crippen LogP) is 2.80. The Morgan fingerprint density at radius 2 is 1.63 bits per heavy atom. The molecule has 0 aliphatic carbocycles. The first-order chi connectivity index (χ1) is 14.2. The Morgan fingerprint density at radius 1 is 1.00 bits per heavy atom. The Bertz CT molecular complexity index is 1020. The van der Waals surface area contributed by atoms with Crippen molar-refractivity contribution in [3.63, 3.8) is 0 Å². The van der Waals surface area contributed by atoms with Crippen LogP contribution >= 0.6 is 0 Å². The highest BCUT2D eigenvalue weighted by atomic mass is 16.5. The van der Waals surface area contributed by atoms with Crippen molar-refractivity contribution in [1.82, 2.24) is 20.2 Å². The number of hydrogen-bond acceptors (Lipinski definition) is 7. The van der Waals surface area contributed by atoms with Crippen LogP contribution in [-0.2, 0) is 16.1 Å². The molecule has 9 heteroatoms. The third kappa shape index (κ3) is 5.63. The van der Waals surface area contributed by atoms with Gasteiger partial charge in [-0.1, -0.05) is 12.1 Å². The fourth-order valence-electron chi connectivity index (χ4n) is 2.36. The Labute approximate surface area is 173 Å². The van der Waals surface area contributed by atoms with E-state index in [4.69, 9.17) is 14.6 Å². The summed E-state index contributed by atoms with van der Waals surface area (Å²) in [6.45, 7) is 5.39. The summed E-state index contributed by atoms with van der Waals surface area (Å²) in [5, 5.41) is 21.1. The number of hydrogen-bond donors (Lipinski definition) is 1. The number of esters is 1. The maximum absolute atomic E-state index is 12.0. The lowest BCUT2D eigenvalue weighted by atomic mass is 9.97. The molecule has 0 saturated heterocycles. The van der Waals surface area contributed by atoms with Gasteiger partial charge in [-0.15, -0.1) is 10.2 Å². The molecule has 0 unspecified atom stereocenters. The topological polar surface area (TPSA) is 116 Å². The zero-order valence-electron chi connectivity index (χ0n) is 16.9.